The van der Waals surface area contributed by atoms with Crippen molar-refractivity contribution in [3.05, 3.63) is 94.3 Å². The molecule has 1 heterocycles. The van der Waals surface area contributed by atoms with E-state index < -0.39 is 17.9 Å². The summed E-state index contributed by atoms with van der Waals surface area (Å²) in [5.41, 5.74) is 3.52. The third kappa shape index (κ3) is 9.20. The Kier molecular flexibility index (Phi) is 11.4. The smallest absolute Gasteiger partial charge is 0.537 e. The number of rotatable bonds is 13. The van der Waals surface area contributed by atoms with E-state index in [4.69, 9.17) is 28.6 Å². The Balaban J connectivity index is 1.42. The van der Waals surface area contributed by atoms with Crippen LogP contribution in [0.4, 0.5) is 9.18 Å². The maximum atomic E-state index is 15.4. The molecule has 1 radical (unpaired) electrons. The van der Waals surface area contributed by atoms with E-state index in [1.807, 2.05) is 50.2 Å². The zero-order chi connectivity index (χ0) is 30.8. The molecule has 3 aromatic carbocycles. The summed E-state index contributed by atoms with van der Waals surface area (Å²) < 4.78 is 42.7. The van der Waals surface area contributed by atoms with Crippen LogP contribution in [0.15, 0.2) is 60.7 Å². The number of aryl methyl sites for hydroxylation is 1. The van der Waals surface area contributed by atoms with Crippen molar-refractivity contribution in [3.8, 4) is 11.5 Å². The fraction of sp³-hybridized carbons (Fsp3) is 0.375. The van der Waals surface area contributed by atoms with Gasteiger partial charge in [0.1, 0.15) is 18.5 Å². The number of carbonyl (C=O) groups is 2. The molecule has 0 bridgehead atoms. The van der Waals surface area contributed by atoms with Gasteiger partial charge >= 0.3 is 19.7 Å². The van der Waals surface area contributed by atoms with Crippen molar-refractivity contribution in [2.45, 2.75) is 51.9 Å². The fourth-order valence-electron chi connectivity index (χ4n) is 4.85. The number of amides is 1. The van der Waals surface area contributed by atoms with Gasteiger partial charge in [-0.2, -0.15) is 0 Å². The Morgan fingerprint density at radius 1 is 1.12 bits per heavy atom. The van der Waals surface area contributed by atoms with E-state index in [2.05, 4.69) is 0 Å². The third-order valence-corrected chi connectivity index (χ3v) is 7.08. The summed E-state index contributed by atoms with van der Waals surface area (Å²) in [5, 5.41) is 8.83. The second-order valence-electron chi connectivity index (χ2n) is 10.6. The zero-order valence-corrected chi connectivity index (χ0v) is 24.6. The molecular weight excluding hydrogens is 556 g/mol. The summed E-state index contributed by atoms with van der Waals surface area (Å²) in [6, 6.07) is 17.6. The molecular formula is C32H36BFNO8. The lowest BCUT2D eigenvalue weighted by atomic mass is 9.97. The number of nitrogens with zero attached hydrogens (tertiary/aromatic N) is 1. The van der Waals surface area contributed by atoms with E-state index >= 15 is 4.39 Å². The van der Waals surface area contributed by atoms with Crippen molar-refractivity contribution < 1.29 is 42.6 Å². The van der Waals surface area contributed by atoms with Gasteiger partial charge < -0.3 is 33.5 Å². The van der Waals surface area contributed by atoms with Crippen molar-refractivity contribution >= 4 is 19.7 Å². The molecule has 9 nitrogen and oxygen atoms in total. The summed E-state index contributed by atoms with van der Waals surface area (Å²) in [4.78, 5) is 26.8. The van der Waals surface area contributed by atoms with Crippen molar-refractivity contribution in [2.24, 2.45) is 0 Å². The summed E-state index contributed by atoms with van der Waals surface area (Å²) >= 11 is 0. The summed E-state index contributed by atoms with van der Waals surface area (Å²) in [6.45, 7) is 4.92. The van der Waals surface area contributed by atoms with Crippen LogP contribution in [0.5, 0.6) is 11.5 Å². The Morgan fingerprint density at radius 2 is 1.91 bits per heavy atom. The second-order valence-corrected chi connectivity index (χ2v) is 10.6. The van der Waals surface area contributed by atoms with Crippen LogP contribution in [0.25, 0.3) is 0 Å². The van der Waals surface area contributed by atoms with Gasteiger partial charge in [-0.3, -0.25) is 4.79 Å². The first-order valence-electron chi connectivity index (χ1n) is 14.1. The highest BCUT2D eigenvalue weighted by molar-refractivity contribution is 6.17. The van der Waals surface area contributed by atoms with Crippen LogP contribution in [0.2, 0.25) is 0 Å². The first-order chi connectivity index (χ1) is 20.7. The van der Waals surface area contributed by atoms with Crippen LogP contribution in [0, 0.1) is 12.7 Å². The number of hydrogen-bond donors (Lipinski definition) is 1. The molecule has 1 amide bonds. The number of halogens is 1. The van der Waals surface area contributed by atoms with Gasteiger partial charge in [0, 0.05) is 24.9 Å². The minimum atomic E-state index is -0.635. The van der Waals surface area contributed by atoms with Crippen LogP contribution in [0.3, 0.4) is 0 Å². The first kappa shape index (κ1) is 31.8. The Bertz CT molecular complexity index is 1380. The molecule has 0 aromatic heterocycles. The van der Waals surface area contributed by atoms with Crippen LogP contribution >= 0.6 is 0 Å². The lowest BCUT2D eigenvalue weighted by Crippen LogP contribution is -2.28. The molecule has 11 heteroatoms. The molecule has 1 saturated heterocycles. The van der Waals surface area contributed by atoms with Gasteiger partial charge in [0.05, 0.1) is 32.8 Å². The van der Waals surface area contributed by atoms with Gasteiger partial charge in [-0.15, -0.1) is 0 Å². The van der Waals surface area contributed by atoms with Crippen LogP contribution in [-0.2, 0) is 38.6 Å². The predicted octanol–water partition coefficient (Wildman–Crippen LogP) is 4.87. The molecule has 4 rings (SSSR count). The Hall–Kier alpha value is -4.09. The predicted molar refractivity (Wildman–Crippen MR) is 157 cm³/mol. The van der Waals surface area contributed by atoms with E-state index in [0.717, 1.165) is 16.7 Å². The number of ether oxygens (including phenoxy) is 4. The third-order valence-electron chi connectivity index (χ3n) is 7.08. The molecule has 43 heavy (non-hydrogen) atoms. The van der Waals surface area contributed by atoms with E-state index in [0.29, 0.717) is 44.2 Å². The number of hydrogen-bond acceptors (Lipinski definition) is 8. The Labute approximate surface area is 251 Å². The van der Waals surface area contributed by atoms with Crippen LogP contribution < -0.4 is 9.39 Å². The van der Waals surface area contributed by atoms with Gasteiger partial charge in [-0.05, 0) is 53.4 Å². The number of benzene rings is 3. The quantitative estimate of drug-likeness (QED) is 0.222. The lowest BCUT2D eigenvalue weighted by Gasteiger charge is -2.22. The largest absolute Gasteiger partial charge is 0.569 e. The van der Waals surface area contributed by atoms with Crippen LogP contribution in [-0.4, -0.2) is 62.6 Å². The minimum Gasteiger partial charge on any atom is -0.537 e. The first-order valence-corrected chi connectivity index (χ1v) is 14.1. The van der Waals surface area contributed by atoms with E-state index in [1.54, 1.807) is 25.2 Å². The molecule has 3 aromatic rings. The molecule has 1 N–H and O–H groups in total. The molecule has 2 atom stereocenters. The van der Waals surface area contributed by atoms with Gasteiger partial charge in [-0.25, -0.2) is 9.18 Å². The SMILES string of the molecule is Cc1cc(O[B]O)ccc1[C@@H](C)COC(=O)Cc1cc(F)c(O[C@@H]2CCOC2)c(CN(C)C(=O)OCc2ccccc2)c1. The highest BCUT2D eigenvalue weighted by atomic mass is 19.1. The zero-order valence-electron chi connectivity index (χ0n) is 24.6. The normalized spacial score (nSPS) is 15.0. The molecule has 0 spiro atoms. The van der Waals surface area contributed by atoms with E-state index in [-0.39, 0.29) is 44.0 Å². The molecule has 0 aliphatic carbocycles. The fourth-order valence-corrected chi connectivity index (χ4v) is 4.85. The van der Waals surface area contributed by atoms with E-state index in [9.17, 15) is 9.59 Å². The average Bonchev–Trinajstić information content (AvgIpc) is 3.50. The van der Waals surface area contributed by atoms with Gasteiger partial charge in [-0.1, -0.05) is 43.3 Å². The highest BCUT2D eigenvalue weighted by Crippen LogP contribution is 2.30. The monoisotopic (exact) mass is 592 g/mol. The van der Waals surface area contributed by atoms with Gasteiger partial charge in [0.25, 0.3) is 0 Å². The summed E-state index contributed by atoms with van der Waals surface area (Å²) in [5.74, 6) is -0.745. The standard InChI is InChI=1S/C32H36BFNO8/c1-21-13-26(43-33-38)9-10-28(21)22(2)18-40-30(36)16-24-14-25(31(29(34)15-24)42-27-11-12-39-20-27)17-35(3)32(37)41-19-23-7-5-4-6-8-23/h4-10,13-15,22,27,38H,11-12,16-20H2,1-3H3/t22-,27+/m0/s1. The van der Waals surface area contributed by atoms with E-state index in [1.165, 1.54) is 11.0 Å². The molecule has 1 fully saturated rings. The molecule has 227 valence electrons. The second kappa shape index (κ2) is 15.4. The highest BCUT2D eigenvalue weighted by Gasteiger charge is 2.24. The molecule has 1 aliphatic rings. The van der Waals surface area contributed by atoms with Crippen LogP contribution in [0.1, 0.15) is 47.1 Å². The maximum absolute atomic E-state index is 15.4. The topological polar surface area (TPSA) is 104 Å². The minimum absolute atomic E-state index is 0.000400. The molecule has 0 unspecified atom stereocenters. The number of esters is 1. The summed E-state index contributed by atoms with van der Waals surface area (Å²) in [6.07, 6.45) is -0.437. The average molecular weight is 592 g/mol. The van der Waals surface area contributed by atoms with Crippen molar-refractivity contribution in [1.29, 1.82) is 0 Å². The van der Waals surface area contributed by atoms with Crippen molar-refractivity contribution in [3.63, 3.8) is 0 Å². The maximum Gasteiger partial charge on any atom is 0.569 e. The lowest BCUT2D eigenvalue weighted by molar-refractivity contribution is -0.143. The summed E-state index contributed by atoms with van der Waals surface area (Å²) in [7, 11) is 2.17. The number of carbonyl (C=O) groups excluding carboxylic acids is 2. The molecule has 0 saturated carbocycles. The Morgan fingerprint density at radius 3 is 2.60 bits per heavy atom. The van der Waals surface area contributed by atoms with Crippen molar-refractivity contribution in [1.82, 2.24) is 4.90 Å². The molecule has 1 aliphatic heterocycles. The van der Waals surface area contributed by atoms with Gasteiger partial charge in [0.15, 0.2) is 11.6 Å². The van der Waals surface area contributed by atoms with Gasteiger partial charge in [0.2, 0.25) is 0 Å². The van der Waals surface area contributed by atoms with Crippen molar-refractivity contribution in [2.75, 3.05) is 26.9 Å².